The van der Waals surface area contributed by atoms with Gasteiger partial charge in [-0.25, -0.2) is 0 Å². The minimum absolute atomic E-state index is 0.225. The first-order chi connectivity index (χ1) is 10.2. The summed E-state index contributed by atoms with van der Waals surface area (Å²) in [4.78, 5) is 13.7. The average Bonchev–Trinajstić information content (AvgIpc) is 2.85. The SMILES string of the molecule is CCOC(=O)CN(Cc1ccccc1)Cc1cn(C)nn1. The maximum absolute atomic E-state index is 11.7. The van der Waals surface area contributed by atoms with Crippen molar-refractivity contribution in [1.29, 1.82) is 0 Å². The standard InChI is InChI=1S/C15H20N4O2/c1-3-21-15(20)12-19(9-13-7-5-4-6-8-13)11-14-10-18(2)17-16-14/h4-8,10H,3,9,11-12H2,1-2H3. The highest BCUT2D eigenvalue weighted by atomic mass is 16.5. The van der Waals surface area contributed by atoms with Crippen molar-refractivity contribution in [3.05, 3.63) is 47.8 Å². The molecule has 1 aromatic carbocycles. The van der Waals surface area contributed by atoms with Crippen LogP contribution in [0.1, 0.15) is 18.2 Å². The van der Waals surface area contributed by atoms with Gasteiger partial charge in [0, 0.05) is 26.3 Å². The van der Waals surface area contributed by atoms with Crippen molar-refractivity contribution >= 4 is 5.97 Å². The van der Waals surface area contributed by atoms with Gasteiger partial charge in [-0.1, -0.05) is 35.5 Å². The Morgan fingerprint density at radius 1 is 1.29 bits per heavy atom. The minimum atomic E-state index is -0.225. The molecule has 0 aliphatic heterocycles. The Morgan fingerprint density at radius 2 is 2.05 bits per heavy atom. The predicted octanol–water partition coefficient (Wildman–Crippen LogP) is 1.38. The number of aromatic nitrogens is 3. The van der Waals surface area contributed by atoms with E-state index in [9.17, 15) is 4.79 Å². The predicted molar refractivity (Wildman–Crippen MR) is 78.2 cm³/mol. The number of rotatable bonds is 7. The largest absolute Gasteiger partial charge is 0.465 e. The van der Waals surface area contributed by atoms with Crippen molar-refractivity contribution in [2.75, 3.05) is 13.2 Å². The molecule has 21 heavy (non-hydrogen) atoms. The molecule has 2 rings (SSSR count). The van der Waals surface area contributed by atoms with Gasteiger partial charge in [-0.2, -0.15) is 0 Å². The number of ether oxygens (including phenoxy) is 1. The van der Waals surface area contributed by atoms with Crippen LogP contribution in [0.3, 0.4) is 0 Å². The number of hydrogen-bond donors (Lipinski definition) is 0. The minimum Gasteiger partial charge on any atom is -0.465 e. The van der Waals surface area contributed by atoms with Gasteiger partial charge in [0.05, 0.1) is 18.8 Å². The molecule has 0 saturated carbocycles. The number of carbonyl (C=O) groups excluding carboxylic acids is 1. The molecule has 0 unspecified atom stereocenters. The highest BCUT2D eigenvalue weighted by Crippen LogP contribution is 2.08. The molecule has 0 bridgehead atoms. The van der Waals surface area contributed by atoms with Gasteiger partial charge < -0.3 is 4.74 Å². The van der Waals surface area contributed by atoms with Crippen LogP contribution in [0.15, 0.2) is 36.5 Å². The van der Waals surface area contributed by atoms with Crippen LogP contribution in [0.4, 0.5) is 0 Å². The van der Waals surface area contributed by atoms with E-state index in [0.717, 1.165) is 11.3 Å². The van der Waals surface area contributed by atoms with Gasteiger partial charge in [-0.3, -0.25) is 14.4 Å². The van der Waals surface area contributed by atoms with E-state index in [1.54, 1.807) is 4.68 Å². The smallest absolute Gasteiger partial charge is 0.320 e. The quantitative estimate of drug-likeness (QED) is 0.720. The highest BCUT2D eigenvalue weighted by molar-refractivity contribution is 5.71. The van der Waals surface area contributed by atoms with Gasteiger partial charge in [0.1, 0.15) is 0 Å². The summed E-state index contributed by atoms with van der Waals surface area (Å²) in [5.74, 6) is -0.225. The Kier molecular flexibility index (Phi) is 5.45. The van der Waals surface area contributed by atoms with Gasteiger partial charge in [-0.05, 0) is 12.5 Å². The van der Waals surface area contributed by atoms with E-state index in [1.165, 1.54) is 0 Å². The molecule has 0 N–H and O–H groups in total. The van der Waals surface area contributed by atoms with E-state index in [2.05, 4.69) is 10.3 Å². The van der Waals surface area contributed by atoms with E-state index in [-0.39, 0.29) is 12.5 Å². The molecular formula is C15H20N4O2. The summed E-state index contributed by atoms with van der Waals surface area (Å²) in [6.45, 7) is 3.66. The summed E-state index contributed by atoms with van der Waals surface area (Å²) in [5.41, 5.74) is 1.98. The van der Waals surface area contributed by atoms with Crippen molar-refractivity contribution < 1.29 is 9.53 Å². The van der Waals surface area contributed by atoms with E-state index in [4.69, 9.17) is 4.74 Å². The van der Waals surface area contributed by atoms with Crippen LogP contribution in [0.5, 0.6) is 0 Å². The van der Waals surface area contributed by atoms with E-state index in [1.807, 2.05) is 55.4 Å². The van der Waals surface area contributed by atoms with Crippen molar-refractivity contribution in [1.82, 2.24) is 19.9 Å². The van der Waals surface area contributed by atoms with Gasteiger partial charge >= 0.3 is 5.97 Å². The molecule has 0 spiro atoms. The fraction of sp³-hybridized carbons (Fsp3) is 0.400. The second-order valence-corrected chi connectivity index (χ2v) is 4.82. The molecule has 2 aromatic rings. The molecule has 0 amide bonds. The van der Waals surface area contributed by atoms with Crippen LogP contribution in [-0.4, -0.2) is 39.0 Å². The summed E-state index contributed by atoms with van der Waals surface area (Å²) in [6, 6.07) is 10.0. The Hall–Kier alpha value is -2.21. The van der Waals surface area contributed by atoms with Crippen molar-refractivity contribution in [2.45, 2.75) is 20.0 Å². The molecule has 0 saturated heterocycles. The number of hydrogen-bond acceptors (Lipinski definition) is 5. The first-order valence-corrected chi connectivity index (χ1v) is 6.94. The molecule has 0 fully saturated rings. The first-order valence-electron chi connectivity index (χ1n) is 6.94. The van der Waals surface area contributed by atoms with Crippen LogP contribution >= 0.6 is 0 Å². The molecule has 0 atom stereocenters. The van der Waals surface area contributed by atoms with Gasteiger partial charge in [0.25, 0.3) is 0 Å². The topological polar surface area (TPSA) is 60.2 Å². The molecule has 1 heterocycles. The summed E-state index contributed by atoms with van der Waals surface area (Å²) >= 11 is 0. The molecule has 6 nitrogen and oxygen atoms in total. The average molecular weight is 288 g/mol. The third kappa shape index (κ3) is 5.00. The maximum atomic E-state index is 11.7. The number of esters is 1. The lowest BCUT2D eigenvalue weighted by Gasteiger charge is -2.20. The number of carbonyl (C=O) groups is 1. The zero-order valence-electron chi connectivity index (χ0n) is 12.4. The second kappa shape index (κ2) is 7.54. The van der Waals surface area contributed by atoms with Crippen molar-refractivity contribution in [3.63, 3.8) is 0 Å². The molecule has 6 heteroatoms. The number of benzene rings is 1. The zero-order chi connectivity index (χ0) is 15.1. The monoisotopic (exact) mass is 288 g/mol. The van der Waals surface area contributed by atoms with E-state index >= 15 is 0 Å². The zero-order valence-corrected chi connectivity index (χ0v) is 12.4. The van der Waals surface area contributed by atoms with Crippen LogP contribution in [0.2, 0.25) is 0 Å². The highest BCUT2D eigenvalue weighted by Gasteiger charge is 2.14. The molecule has 0 aliphatic rings. The van der Waals surface area contributed by atoms with Crippen molar-refractivity contribution in [3.8, 4) is 0 Å². The molecule has 112 valence electrons. The lowest BCUT2D eigenvalue weighted by molar-refractivity contribution is -0.144. The Bertz CT molecular complexity index is 568. The molecule has 0 radical (unpaired) electrons. The van der Waals surface area contributed by atoms with Gasteiger partial charge in [-0.15, -0.1) is 5.10 Å². The van der Waals surface area contributed by atoms with E-state index in [0.29, 0.717) is 19.7 Å². The maximum Gasteiger partial charge on any atom is 0.320 e. The molecule has 0 aliphatic carbocycles. The summed E-state index contributed by atoms with van der Waals surface area (Å²) < 4.78 is 6.68. The fourth-order valence-corrected chi connectivity index (χ4v) is 2.10. The second-order valence-electron chi connectivity index (χ2n) is 4.82. The summed E-state index contributed by atoms with van der Waals surface area (Å²) in [7, 11) is 1.82. The van der Waals surface area contributed by atoms with Crippen molar-refractivity contribution in [2.24, 2.45) is 7.05 Å². The van der Waals surface area contributed by atoms with Gasteiger partial charge in [0.2, 0.25) is 0 Å². The van der Waals surface area contributed by atoms with Crippen LogP contribution in [0.25, 0.3) is 0 Å². The number of aryl methyl sites for hydroxylation is 1. The number of nitrogens with zero attached hydrogens (tertiary/aromatic N) is 4. The summed E-state index contributed by atoms with van der Waals surface area (Å²) in [5, 5.41) is 7.99. The molecule has 1 aromatic heterocycles. The van der Waals surface area contributed by atoms with E-state index < -0.39 is 0 Å². The fourth-order valence-electron chi connectivity index (χ4n) is 2.10. The van der Waals surface area contributed by atoms with Gasteiger partial charge in [0.15, 0.2) is 0 Å². The third-order valence-electron chi connectivity index (χ3n) is 2.94. The lowest BCUT2D eigenvalue weighted by atomic mass is 10.2. The van der Waals surface area contributed by atoms with Crippen LogP contribution in [-0.2, 0) is 29.7 Å². The lowest BCUT2D eigenvalue weighted by Crippen LogP contribution is -2.30. The normalized spacial score (nSPS) is 10.8. The Morgan fingerprint density at radius 3 is 2.67 bits per heavy atom. The Balaban J connectivity index is 2.04. The van der Waals surface area contributed by atoms with Crippen LogP contribution in [0, 0.1) is 0 Å². The third-order valence-corrected chi connectivity index (χ3v) is 2.94. The Labute approximate surface area is 124 Å². The first kappa shape index (κ1) is 15.2. The summed E-state index contributed by atoms with van der Waals surface area (Å²) in [6.07, 6.45) is 1.85. The van der Waals surface area contributed by atoms with Crippen LogP contribution < -0.4 is 0 Å². The molecular weight excluding hydrogens is 268 g/mol.